The zero-order chi connectivity index (χ0) is 20.8. The summed E-state index contributed by atoms with van der Waals surface area (Å²) in [5.74, 6) is -5.87. The number of amides is 2. The zero-order valence-electron chi connectivity index (χ0n) is 15.4. The highest BCUT2D eigenvalue weighted by molar-refractivity contribution is 5.91. The number of carbonyl (C=O) groups excluding carboxylic acids is 2. The zero-order valence-corrected chi connectivity index (χ0v) is 15.4. The molecule has 2 aromatic rings. The van der Waals surface area contributed by atoms with Crippen LogP contribution in [-0.4, -0.2) is 43.9 Å². The minimum absolute atomic E-state index is 0.0422. The van der Waals surface area contributed by atoms with Crippen molar-refractivity contribution < 1.29 is 32.1 Å². The van der Waals surface area contributed by atoms with E-state index in [0.717, 1.165) is 6.07 Å². The number of likely N-dealkylation sites (N-methyl/N-ethyl adjacent to an activating group) is 2. The molecule has 0 aliphatic heterocycles. The molecule has 1 unspecified atom stereocenters. The molecule has 0 fully saturated rings. The highest BCUT2D eigenvalue weighted by Gasteiger charge is 2.20. The molecule has 28 heavy (non-hydrogen) atoms. The van der Waals surface area contributed by atoms with Crippen molar-refractivity contribution in [2.75, 3.05) is 32.5 Å². The first-order valence-corrected chi connectivity index (χ1v) is 8.40. The van der Waals surface area contributed by atoms with Crippen LogP contribution in [0.25, 0.3) is 0 Å². The Bertz CT molecular complexity index is 876. The number of nitrogens with zero attached hydrogens (tertiary/aromatic N) is 1. The first kappa shape index (κ1) is 21.4. The van der Waals surface area contributed by atoms with E-state index in [2.05, 4.69) is 5.32 Å². The van der Waals surface area contributed by atoms with Crippen molar-refractivity contribution in [1.29, 1.82) is 0 Å². The number of benzene rings is 2. The molecule has 2 amide bonds. The van der Waals surface area contributed by atoms with Gasteiger partial charge in [0.2, 0.25) is 0 Å². The molecule has 0 saturated heterocycles. The molecule has 2 N–H and O–H groups in total. The quantitative estimate of drug-likeness (QED) is 0.547. The van der Waals surface area contributed by atoms with Gasteiger partial charge in [0.15, 0.2) is 30.5 Å². The van der Waals surface area contributed by atoms with Crippen LogP contribution in [-0.2, 0) is 16.1 Å². The number of nitrogens with one attached hydrogen (secondary N) is 2. The van der Waals surface area contributed by atoms with Gasteiger partial charge in [0.25, 0.3) is 11.8 Å². The molecule has 2 rings (SSSR count). The minimum atomic E-state index is -1.67. The number of halogens is 4. The predicted octanol–water partition coefficient (Wildman–Crippen LogP) is 1.35. The SMILES string of the molecule is CN(Cc1cccc(F)c1)C(=O)C[NH+](C)CC(=O)Nc1ccc(F)c(F)c1F. The topological polar surface area (TPSA) is 53.9 Å². The van der Waals surface area contributed by atoms with E-state index in [1.807, 2.05) is 0 Å². The van der Waals surface area contributed by atoms with E-state index in [1.165, 1.54) is 17.0 Å². The second-order valence-corrected chi connectivity index (χ2v) is 6.46. The van der Waals surface area contributed by atoms with Crippen LogP contribution in [0.1, 0.15) is 5.56 Å². The molecule has 0 aliphatic carbocycles. The Labute approximate surface area is 159 Å². The van der Waals surface area contributed by atoms with Gasteiger partial charge in [-0.05, 0) is 29.8 Å². The fourth-order valence-corrected chi connectivity index (χ4v) is 2.54. The van der Waals surface area contributed by atoms with Crippen LogP contribution in [0.2, 0.25) is 0 Å². The van der Waals surface area contributed by atoms with Crippen LogP contribution in [0.5, 0.6) is 0 Å². The van der Waals surface area contributed by atoms with Gasteiger partial charge >= 0.3 is 0 Å². The van der Waals surface area contributed by atoms with Crippen molar-refractivity contribution in [3.8, 4) is 0 Å². The van der Waals surface area contributed by atoms with Gasteiger partial charge in [-0.25, -0.2) is 17.6 Å². The van der Waals surface area contributed by atoms with E-state index in [1.54, 1.807) is 26.2 Å². The van der Waals surface area contributed by atoms with Gasteiger partial charge in [0.1, 0.15) is 5.82 Å². The lowest BCUT2D eigenvalue weighted by Gasteiger charge is -2.20. The van der Waals surface area contributed by atoms with Crippen molar-refractivity contribution in [2.45, 2.75) is 6.54 Å². The minimum Gasteiger partial charge on any atom is -0.337 e. The number of carbonyl (C=O) groups is 2. The van der Waals surface area contributed by atoms with Gasteiger partial charge < -0.3 is 15.1 Å². The van der Waals surface area contributed by atoms with E-state index in [9.17, 15) is 27.2 Å². The normalized spacial score (nSPS) is 11.8. The Morgan fingerprint density at radius 3 is 2.43 bits per heavy atom. The molecule has 0 heterocycles. The molecule has 0 aromatic heterocycles. The number of hydrogen-bond donors (Lipinski definition) is 2. The summed E-state index contributed by atoms with van der Waals surface area (Å²) in [6, 6.07) is 7.48. The molecule has 1 atom stereocenters. The fraction of sp³-hybridized carbons (Fsp3) is 0.263. The van der Waals surface area contributed by atoms with Gasteiger partial charge in [-0.1, -0.05) is 12.1 Å². The first-order chi connectivity index (χ1) is 13.2. The average Bonchev–Trinajstić information content (AvgIpc) is 2.62. The van der Waals surface area contributed by atoms with Crippen molar-refractivity contribution >= 4 is 17.5 Å². The van der Waals surface area contributed by atoms with Crippen LogP contribution in [0, 0.1) is 23.3 Å². The first-order valence-electron chi connectivity index (χ1n) is 8.40. The van der Waals surface area contributed by atoms with Crippen molar-refractivity contribution in [1.82, 2.24) is 4.90 Å². The molecule has 0 spiro atoms. The summed E-state index contributed by atoms with van der Waals surface area (Å²) in [4.78, 5) is 26.1. The van der Waals surface area contributed by atoms with Crippen LogP contribution < -0.4 is 10.2 Å². The maximum atomic E-state index is 13.6. The van der Waals surface area contributed by atoms with Crippen molar-refractivity contribution in [3.05, 3.63) is 65.2 Å². The highest BCUT2D eigenvalue weighted by atomic mass is 19.2. The smallest absolute Gasteiger partial charge is 0.279 e. The highest BCUT2D eigenvalue weighted by Crippen LogP contribution is 2.19. The third kappa shape index (κ3) is 5.78. The number of quaternary nitrogens is 1. The number of anilines is 1. The molecular weight excluding hydrogens is 378 g/mol. The van der Waals surface area contributed by atoms with Gasteiger partial charge in [-0.2, -0.15) is 0 Å². The average molecular weight is 398 g/mol. The lowest BCUT2D eigenvalue weighted by Crippen LogP contribution is -3.11. The maximum Gasteiger partial charge on any atom is 0.279 e. The predicted molar refractivity (Wildman–Crippen MR) is 94.4 cm³/mol. The largest absolute Gasteiger partial charge is 0.337 e. The van der Waals surface area contributed by atoms with Gasteiger partial charge in [-0.15, -0.1) is 0 Å². The Kier molecular flexibility index (Phi) is 7.11. The Morgan fingerprint density at radius 2 is 1.75 bits per heavy atom. The summed E-state index contributed by atoms with van der Waals surface area (Å²) in [7, 11) is 3.13. The molecular formula is C19H20F4N3O2+. The van der Waals surface area contributed by atoms with Gasteiger partial charge in [-0.3, -0.25) is 9.59 Å². The van der Waals surface area contributed by atoms with Crippen molar-refractivity contribution in [3.63, 3.8) is 0 Å². The Morgan fingerprint density at radius 1 is 1.04 bits per heavy atom. The van der Waals surface area contributed by atoms with E-state index in [4.69, 9.17) is 0 Å². The maximum absolute atomic E-state index is 13.6. The molecule has 0 saturated carbocycles. The van der Waals surface area contributed by atoms with E-state index >= 15 is 0 Å². The molecule has 5 nitrogen and oxygen atoms in total. The Hall–Kier alpha value is -2.94. The van der Waals surface area contributed by atoms with Crippen LogP contribution >= 0.6 is 0 Å². The molecule has 0 radical (unpaired) electrons. The summed E-state index contributed by atoms with van der Waals surface area (Å²) in [5, 5.41) is 2.15. The number of rotatable bonds is 7. The molecule has 9 heteroatoms. The van der Waals surface area contributed by atoms with Crippen molar-refractivity contribution in [2.24, 2.45) is 0 Å². The standard InChI is InChI=1S/C19H19F4N3O2/c1-25(10-16(27)24-15-7-6-14(21)18(22)19(15)23)11-17(28)26(2)9-12-4-3-5-13(20)8-12/h3-8H,9-11H2,1-2H3,(H,24,27)/p+1. The summed E-state index contributed by atoms with van der Waals surface area (Å²) in [6.45, 7) is -0.0341. The summed E-state index contributed by atoms with van der Waals surface area (Å²) < 4.78 is 52.9. The lowest BCUT2D eigenvalue weighted by molar-refractivity contribution is -0.862. The fourth-order valence-electron chi connectivity index (χ4n) is 2.54. The van der Waals surface area contributed by atoms with E-state index < -0.39 is 34.9 Å². The molecule has 150 valence electrons. The summed E-state index contributed by atoms with van der Waals surface area (Å²) >= 11 is 0. The van der Waals surface area contributed by atoms with E-state index in [0.29, 0.717) is 16.5 Å². The number of hydrogen-bond acceptors (Lipinski definition) is 2. The van der Waals surface area contributed by atoms with Gasteiger partial charge in [0, 0.05) is 13.6 Å². The molecule has 0 bridgehead atoms. The van der Waals surface area contributed by atoms with Crippen LogP contribution in [0.3, 0.4) is 0 Å². The van der Waals surface area contributed by atoms with Crippen LogP contribution in [0.15, 0.2) is 36.4 Å². The summed E-state index contributed by atoms with van der Waals surface area (Å²) in [6.07, 6.45) is 0. The lowest BCUT2D eigenvalue weighted by atomic mass is 10.2. The van der Waals surface area contributed by atoms with Crippen LogP contribution in [0.4, 0.5) is 23.2 Å². The summed E-state index contributed by atoms with van der Waals surface area (Å²) in [5.41, 5.74) is 0.145. The third-order valence-corrected chi connectivity index (χ3v) is 3.96. The monoisotopic (exact) mass is 398 g/mol. The van der Waals surface area contributed by atoms with Gasteiger partial charge in [0.05, 0.1) is 12.7 Å². The second-order valence-electron chi connectivity index (χ2n) is 6.46. The molecule has 0 aliphatic rings. The Balaban J connectivity index is 1.87. The van der Waals surface area contributed by atoms with E-state index in [-0.39, 0.29) is 25.5 Å². The molecule has 2 aromatic carbocycles. The second kappa shape index (κ2) is 9.32. The third-order valence-electron chi connectivity index (χ3n) is 3.96.